The van der Waals surface area contributed by atoms with Gasteiger partial charge >= 0.3 is 12.4 Å². The minimum atomic E-state index is -4.75. The van der Waals surface area contributed by atoms with Gasteiger partial charge in [-0.3, -0.25) is 9.88 Å². The summed E-state index contributed by atoms with van der Waals surface area (Å²) in [7, 11) is -7.74. The molecule has 246 valence electrons. The fourth-order valence-corrected chi connectivity index (χ4v) is 6.25. The van der Waals surface area contributed by atoms with E-state index in [0.29, 0.717) is 0 Å². The second-order valence-corrected chi connectivity index (χ2v) is 14.8. The molecule has 0 amide bonds. The third kappa shape index (κ3) is 7.51. The van der Waals surface area contributed by atoms with Crippen LogP contribution in [0.4, 0.5) is 37.8 Å². The number of alkyl halides is 6. The van der Waals surface area contributed by atoms with E-state index in [-0.39, 0.29) is 53.6 Å². The number of nitrogens with one attached hydrogen (secondary N) is 1. The molecule has 0 aliphatic carbocycles. The summed E-state index contributed by atoms with van der Waals surface area (Å²) in [5.41, 5.74) is -5.64. The van der Waals surface area contributed by atoms with Gasteiger partial charge in [0, 0.05) is 43.6 Å². The lowest BCUT2D eigenvalue weighted by molar-refractivity contribution is -0.141. The maximum absolute atomic E-state index is 13.7. The monoisotopic (exact) mass is 691 g/mol. The molecule has 2 unspecified atom stereocenters. The summed E-state index contributed by atoms with van der Waals surface area (Å²) >= 11 is 0. The van der Waals surface area contributed by atoms with Crippen molar-refractivity contribution in [2.75, 3.05) is 30.9 Å². The highest BCUT2D eigenvalue weighted by Gasteiger charge is 2.39. The Morgan fingerprint density at radius 1 is 0.891 bits per heavy atom. The Morgan fingerprint density at radius 3 is 2.13 bits per heavy atom. The number of hydrogen-bond acceptors (Lipinski definition) is 12. The van der Waals surface area contributed by atoms with E-state index < -0.39 is 59.9 Å². The number of nitrogens with zero attached hydrogens (tertiary/aromatic N) is 6. The molecule has 5 rings (SSSR count). The van der Waals surface area contributed by atoms with Crippen LogP contribution >= 0.6 is 0 Å². The molecule has 0 aromatic carbocycles. The molecule has 20 heteroatoms. The van der Waals surface area contributed by atoms with Crippen LogP contribution in [0.1, 0.15) is 17.1 Å². The number of fused-ring (bicyclic) bond motifs is 1. The molecule has 12 nitrogen and oxygen atoms in total. The van der Waals surface area contributed by atoms with Crippen LogP contribution in [0.15, 0.2) is 48.9 Å². The summed E-state index contributed by atoms with van der Waals surface area (Å²) in [6.45, 7) is -0.781. The van der Waals surface area contributed by atoms with Crippen molar-refractivity contribution in [3.05, 3.63) is 66.0 Å². The van der Waals surface area contributed by atoms with E-state index in [0.717, 1.165) is 49.2 Å². The van der Waals surface area contributed by atoms with Gasteiger partial charge in [-0.25, -0.2) is 36.8 Å². The van der Waals surface area contributed by atoms with E-state index in [9.17, 15) is 43.2 Å². The number of rotatable bonds is 7. The van der Waals surface area contributed by atoms with Gasteiger partial charge in [0.2, 0.25) is 0 Å². The molecule has 1 N–H and O–H groups in total. The Bertz CT molecular complexity index is 1950. The highest BCUT2D eigenvalue weighted by Crippen LogP contribution is 2.37. The van der Waals surface area contributed by atoms with Gasteiger partial charge in [-0.05, 0) is 30.3 Å². The molecule has 2 atom stereocenters. The summed E-state index contributed by atoms with van der Waals surface area (Å²) in [5, 5.41) is 2.79. The van der Waals surface area contributed by atoms with Crippen molar-refractivity contribution in [2.24, 2.45) is 0 Å². The second-order valence-electron chi connectivity index (χ2n) is 10.4. The number of ether oxygens (including phenoxy) is 1. The van der Waals surface area contributed by atoms with Gasteiger partial charge in [0.1, 0.15) is 17.0 Å². The predicted octanol–water partition coefficient (Wildman–Crippen LogP) is 3.84. The lowest BCUT2D eigenvalue weighted by Gasteiger charge is -2.35. The van der Waals surface area contributed by atoms with E-state index in [1.807, 2.05) is 0 Å². The van der Waals surface area contributed by atoms with Crippen LogP contribution in [0.5, 0.6) is 0 Å². The SMILES string of the molecule is CS(=O)(=O)C1CN(Cc2nc(Nc3ccc(C(F)(F)F)nc3)c3ncc(-c4ncccc4C(F)(F)F)cc3n2)CC(S(C)(=O)=O)O1. The zero-order valence-electron chi connectivity index (χ0n) is 23.7. The van der Waals surface area contributed by atoms with Crippen molar-refractivity contribution in [2.45, 2.75) is 29.8 Å². The molecule has 0 spiro atoms. The first kappa shape index (κ1) is 33.4. The van der Waals surface area contributed by atoms with Crippen molar-refractivity contribution in [1.29, 1.82) is 0 Å². The Hall–Kier alpha value is -4.01. The van der Waals surface area contributed by atoms with Gasteiger partial charge in [0.05, 0.1) is 35.2 Å². The molecule has 1 saturated heterocycles. The van der Waals surface area contributed by atoms with Crippen molar-refractivity contribution in [1.82, 2.24) is 29.8 Å². The minimum Gasteiger partial charge on any atom is -0.340 e. The number of anilines is 2. The maximum atomic E-state index is 13.7. The summed E-state index contributed by atoms with van der Waals surface area (Å²) in [6.07, 6.45) is -4.52. The quantitative estimate of drug-likeness (QED) is 0.280. The van der Waals surface area contributed by atoms with Crippen LogP contribution in [0.2, 0.25) is 0 Å². The molecular formula is C26H23F6N7O5S2. The van der Waals surface area contributed by atoms with E-state index in [4.69, 9.17) is 4.74 Å². The zero-order valence-corrected chi connectivity index (χ0v) is 25.3. The average Bonchev–Trinajstić information content (AvgIpc) is 2.95. The van der Waals surface area contributed by atoms with Crippen molar-refractivity contribution < 1.29 is 47.9 Å². The maximum Gasteiger partial charge on any atom is 0.433 e. The normalized spacial score (nSPS) is 18.5. The third-order valence-electron chi connectivity index (χ3n) is 6.72. The topological polar surface area (TPSA) is 157 Å². The van der Waals surface area contributed by atoms with E-state index in [1.54, 1.807) is 0 Å². The van der Waals surface area contributed by atoms with Gasteiger partial charge < -0.3 is 10.1 Å². The predicted molar refractivity (Wildman–Crippen MR) is 152 cm³/mol. The van der Waals surface area contributed by atoms with Crippen molar-refractivity contribution in [3.8, 4) is 11.3 Å². The Labute approximate surface area is 257 Å². The number of pyridine rings is 3. The van der Waals surface area contributed by atoms with E-state index in [1.165, 1.54) is 17.2 Å². The molecule has 0 bridgehead atoms. The van der Waals surface area contributed by atoms with Gasteiger partial charge in [-0.2, -0.15) is 26.3 Å². The smallest absolute Gasteiger partial charge is 0.340 e. The van der Waals surface area contributed by atoms with Crippen molar-refractivity contribution >= 4 is 42.2 Å². The standard InChI is InChI=1S/C26H23F6N7O5S2/c1-45(40,41)20-12-39(13-21(44-20)46(2,42)43)11-19-37-17-8-14(22-16(25(27,28)29)4-3-7-33-22)9-35-23(17)24(38-19)36-15-5-6-18(34-10-15)26(30,31)32/h3-10,20-21H,11-13H2,1-2H3,(H,36,37,38). The molecule has 1 aliphatic heterocycles. The number of morpholine rings is 1. The largest absolute Gasteiger partial charge is 0.433 e. The Balaban J connectivity index is 1.59. The molecule has 5 heterocycles. The van der Waals surface area contributed by atoms with E-state index >= 15 is 0 Å². The second kappa shape index (κ2) is 12.0. The lowest BCUT2D eigenvalue weighted by atomic mass is 10.1. The number of aromatic nitrogens is 5. The Kier molecular flexibility index (Phi) is 8.68. The molecule has 46 heavy (non-hydrogen) atoms. The Morgan fingerprint density at radius 2 is 1.57 bits per heavy atom. The van der Waals surface area contributed by atoms with Crippen LogP contribution in [-0.2, 0) is 43.3 Å². The number of halogens is 6. The summed E-state index contributed by atoms with van der Waals surface area (Å²) < 4.78 is 135. The fraction of sp³-hybridized carbons (Fsp3) is 0.346. The molecule has 0 radical (unpaired) electrons. The molecule has 4 aromatic heterocycles. The van der Waals surface area contributed by atoms with Crippen LogP contribution in [-0.4, -0.2) is 83.1 Å². The average molecular weight is 692 g/mol. The highest BCUT2D eigenvalue weighted by atomic mass is 32.2. The molecule has 1 fully saturated rings. The first-order valence-corrected chi connectivity index (χ1v) is 16.9. The summed E-state index contributed by atoms with van der Waals surface area (Å²) in [5.74, 6) is -0.120. The van der Waals surface area contributed by atoms with Crippen LogP contribution < -0.4 is 5.32 Å². The van der Waals surface area contributed by atoms with Crippen LogP contribution in [0, 0.1) is 0 Å². The molecule has 0 saturated carbocycles. The fourth-order valence-electron chi connectivity index (χ4n) is 4.54. The number of hydrogen-bond donors (Lipinski definition) is 1. The number of sulfone groups is 2. The van der Waals surface area contributed by atoms with Gasteiger partial charge in [-0.15, -0.1) is 0 Å². The molecule has 1 aliphatic rings. The van der Waals surface area contributed by atoms with Crippen molar-refractivity contribution in [3.63, 3.8) is 0 Å². The minimum absolute atomic E-state index is 0.00349. The van der Waals surface area contributed by atoms with Gasteiger partial charge in [0.25, 0.3) is 0 Å². The van der Waals surface area contributed by atoms with E-state index in [2.05, 4.69) is 30.2 Å². The third-order valence-corrected chi connectivity index (χ3v) is 9.15. The van der Waals surface area contributed by atoms with Gasteiger partial charge in [0.15, 0.2) is 36.4 Å². The zero-order chi connectivity index (χ0) is 33.7. The van der Waals surface area contributed by atoms with Crippen LogP contribution in [0.3, 0.4) is 0 Å². The van der Waals surface area contributed by atoms with Crippen LogP contribution in [0.25, 0.3) is 22.3 Å². The first-order valence-electron chi connectivity index (χ1n) is 13.0. The molecule has 4 aromatic rings. The summed E-state index contributed by atoms with van der Waals surface area (Å²) in [4.78, 5) is 21.7. The molecular weight excluding hydrogens is 668 g/mol. The lowest BCUT2D eigenvalue weighted by Crippen LogP contribution is -2.52. The highest BCUT2D eigenvalue weighted by molar-refractivity contribution is 7.92. The van der Waals surface area contributed by atoms with Gasteiger partial charge in [-0.1, -0.05) is 0 Å². The first-order chi connectivity index (χ1) is 21.3. The summed E-state index contributed by atoms with van der Waals surface area (Å²) in [6, 6.07) is 5.03.